The zero-order valence-electron chi connectivity index (χ0n) is 12.2. The quantitative estimate of drug-likeness (QED) is 0.794. The molecule has 0 unspecified atom stereocenters. The summed E-state index contributed by atoms with van der Waals surface area (Å²) in [6.45, 7) is 4.10. The maximum Gasteiger partial charge on any atom is 0.223 e. The van der Waals surface area contributed by atoms with Crippen molar-refractivity contribution < 1.29 is 9.47 Å². The molecule has 0 atom stereocenters. The molecule has 5 heteroatoms. The number of hydrogen-bond acceptors (Lipinski definition) is 4. The van der Waals surface area contributed by atoms with Crippen LogP contribution < -0.4 is 10.1 Å². The minimum absolute atomic E-state index is 0.591. The largest absolute Gasteiger partial charge is 0.438 e. The lowest BCUT2D eigenvalue weighted by atomic mass is 10.2. The van der Waals surface area contributed by atoms with Crippen LogP contribution in [0.1, 0.15) is 11.1 Å². The average Bonchev–Trinajstić information content (AvgIpc) is 2.49. The van der Waals surface area contributed by atoms with Crippen LogP contribution >= 0.6 is 11.6 Å². The molecule has 1 heterocycles. The summed E-state index contributed by atoms with van der Waals surface area (Å²) in [7, 11) is 1.68. The topological polar surface area (TPSA) is 43.4 Å². The number of nitrogens with one attached hydrogen (secondary N) is 1. The van der Waals surface area contributed by atoms with Gasteiger partial charge in [-0.25, -0.2) is 4.98 Å². The second-order valence-electron chi connectivity index (χ2n) is 4.65. The standard InChI is InChI=1S/C16H19ClN2O2/c1-12-5-6-14(17)10-15(12)21-16-13(4-3-7-19-16)11-18-8-9-20-2/h3-7,10,18H,8-9,11H2,1-2H3. The van der Waals surface area contributed by atoms with Gasteiger partial charge in [-0.2, -0.15) is 0 Å². The minimum atomic E-state index is 0.591. The van der Waals surface area contributed by atoms with E-state index in [1.165, 1.54) is 0 Å². The average molecular weight is 307 g/mol. The second kappa shape index (κ2) is 7.98. The summed E-state index contributed by atoms with van der Waals surface area (Å²) in [5.74, 6) is 1.31. The van der Waals surface area contributed by atoms with E-state index in [-0.39, 0.29) is 0 Å². The first-order valence-corrected chi connectivity index (χ1v) is 7.16. The third kappa shape index (κ3) is 4.70. The normalized spacial score (nSPS) is 10.6. The van der Waals surface area contributed by atoms with Gasteiger partial charge in [0.2, 0.25) is 5.88 Å². The van der Waals surface area contributed by atoms with Gasteiger partial charge >= 0.3 is 0 Å². The monoisotopic (exact) mass is 306 g/mol. The summed E-state index contributed by atoms with van der Waals surface area (Å²) in [5.41, 5.74) is 2.01. The fourth-order valence-corrected chi connectivity index (χ4v) is 2.00. The van der Waals surface area contributed by atoms with Gasteiger partial charge in [-0.1, -0.05) is 23.7 Å². The van der Waals surface area contributed by atoms with E-state index in [0.29, 0.717) is 24.1 Å². The molecule has 0 aliphatic carbocycles. The Hall–Kier alpha value is -1.62. The third-order valence-electron chi connectivity index (χ3n) is 3.01. The Balaban J connectivity index is 2.10. The Kier molecular flexibility index (Phi) is 5.99. The van der Waals surface area contributed by atoms with Crippen LogP contribution in [0.4, 0.5) is 0 Å². The molecule has 0 saturated carbocycles. The van der Waals surface area contributed by atoms with Crippen LogP contribution in [0.3, 0.4) is 0 Å². The van der Waals surface area contributed by atoms with Gasteiger partial charge < -0.3 is 14.8 Å². The van der Waals surface area contributed by atoms with E-state index in [1.807, 2.05) is 31.2 Å². The predicted molar refractivity (Wildman–Crippen MR) is 84.1 cm³/mol. The second-order valence-corrected chi connectivity index (χ2v) is 5.09. The summed E-state index contributed by atoms with van der Waals surface area (Å²) in [6, 6.07) is 9.45. The molecule has 112 valence electrons. The number of aromatic nitrogens is 1. The number of pyridine rings is 1. The fraction of sp³-hybridized carbons (Fsp3) is 0.312. The molecule has 1 N–H and O–H groups in total. The number of hydrogen-bond donors (Lipinski definition) is 1. The van der Waals surface area contributed by atoms with Crippen molar-refractivity contribution in [1.82, 2.24) is 10.3 Å². The molecule has 0 spiro atoms. The maximum atomic E-state index is 6.01. The molecule has 2 aromatic rings. The van der Waals surface area contributed by atoms with E-state index in [9.17, 15) is 0 Å². The van der Waals surface area contributed by atoms with Crippen molar-refractivity contribution in [2.45, 2.75) is 13.5 Å². The highest BCUT2D eigenvalue weighted by atomic mass is 35.5. The number of methoxy groups -OCH3 is 1. The Morgan fingerprint density at radius 1 is 1.29 bits per heavy atom. The van der Waals surface area contributed by atoms with E-state index >= 15 is 0 Å². The molecule has 21 heavy (non-hydrogen) atoms. The summed E-state index contributed by atoms with van der Waals surface area (Å²) in [6.07, 6.45) is 1.72. The Labute approximate surface area is 130 Å². The summed E-state index contributed by atoms with van der Waals surface area (Å²) >= 11 is 6.01. The summed E-state index contributed by atoms with van der Waals surface area (Å²) < 4.78 is 10.9. The number of halogens is 1. The van der Waals surface area contributed by atoms with Crippen LogP contribution in [-0.2, 0) is 11.3 Å². The van der Waals surface area contributed by atoms with Gasteiger partial charge in [0.1, 0.15) is 5.75 Å². The molecule has 0 saturated heterocycles. The molecule has 0 aliphatic rings. The number of aryl methyl sites for hydroxylation is 1. The Morgan fingerprint density at radius 2 is 2.14 bits per heavy atom. The maximum absolute atomic E-state index is 6.01. The number of ether oxygens (including phenoxy) is 2. The van der Waals surface area contributed by atoms with E-state index in [2.05, 4.69) is 10.3 Å². The lowest BCUT2D eigenvalue weighted by Gasteiger charge is -2.12. The Morgan fingerprint density at radius 3 is 2.95 bits per heavy atom. The van der Waals surface area contributed by atoms with Crippen molar-refractivity contribution in [2.24, 2.45) is 0 Å². The van der Waals surface area contributed by atoms with Crippen molar-refractivity contribution in [3.63, 3.8) is 0 Å². The molecule has 1 aromatic carbocycles. The van der Waals surface area contributed by atoms with Gasteiger partial charge in [0.15, 0.2) is 0 Å². The smallest absolute Gasteiger partial charge is 0.223 e. The first-order valence-electron chi connectivity index (χ1n) is 6.78. The highest BCUT2D eigenvalue weighted by Crippen LogP contribution is 2.28. The molecular formula is C16H19ClN2O2. The third-order valence-corrected chi connectivity index (χ3v) is 3.24. The lowest BCUT2D eigenvalue weighted by Crippen LogP contribution is -2.19. The molecule has 1 aromatic heterocycles. The van der Waals surface area contributed by atoms with Crippen LogP contribution in [0.5, 0.6) is 11.6 Å². The Bertz CT molecular complexity index is 590. The van der Waals surface area contributed by atoms with Crippen molar-refractivity contribution in [2.75, 3.05) is 20.3 Å². The molecule has 0 radical (unpaired) electrons. The van der Waals surface area contributed by atoms with Gasteiger partial charge in [0.25, 0.3) is 0 Å². The van der Waals surface area contributed by atoms with Crippen LogP contribution in [0.15, 0.2) is 36.5 Å². The SMILES string of the molecule is COCCNCc1cccnc1Oc1cc(Cl)ccc1C. The zero-order valence-corrected chi connectivity index (χ0v) is 13.0. The van der Waals surface area contributed by atoms with E-state index < -0.39 is 0 Å². The van der Waals surface area contributed by atoms with Crippen LogP contribution in [0, 0.1) is 6.92 Å². The first kappa shape index (κ1) is 15.8. The first-order chi connectivity index (χ1) is 10.2. The number of nitrogens with zero attached hydrogens (tertiary/aromatic N) is 1. The van der Waals surface area contributed by atoms with Crippen molar-refractivity contribution >= 4 is 11.6 Å². The number of rotatable bonds is 7. The highest BCUT2D eigenvalue weighted by Gasteiger charge is 2.08. The number of benzene rings is 1. The lowest BCUT2D eigenvalue weighted by molar-refractivity contribution is 0.199. The van der Waals surface area contributed by atoms with Crippen LogP contribution in [0.2, 0.25) is 5.02 Å². The van der Waals surface area contributed by atoms with Gasteiger partial charge in [-0.05, 0) is 30.7 Å². The van der Waals surface area contributed by atoms with Gasteiger partial charge in [-0.15, -0.1) is 0 Å². The van der Waals surface area contributed by atoms with Crippen molar-refractivity contribution in [1.29, 1.82) is 0 Å². The van der Waals surface area contributed by atoms with Crippen molar-refractivity contribution in [3.8, 4) is 11.6 Å². The van der Waals surface area contributed by atoms with E-state index in [0.717, 1.165) is 23.4 Å². The molecule has 2 rings (SSSR count). The molecule has 0 aliphatic heterocycles. The fourth-order valence-electron chi connectivity index (χ4n) is 1.84. The van der Waals surface area contributed by atoms with Crippen LogP contribution in [-0.4, -0.2) is 25.2 Å². The van der Waals surface area contributed by atoms with E-state index in [1.54, 1.807) is 19.4 Å². The van der Waals surface area contributed by atoms with Gasteiger partial charge in [-0.3, -0.25) is 0 Å². The molecule has 0 fully saturated rings. The molecular weight excluding hydrogens is 288 g/mol. The summed E-state index contributed by atoms with van der Waals surface area (Å²) in [5, 5.41) is 3.93. The predicted octanol–water partition coefficient (Wildman–Crippen LogP) is 3.57. The van der Waals surface area contributed by atoms with Crippen molar-refractivity contribution in [3.05, 3.63) is 52.7 Å². The van der Waals surface area contributed by atoms with Gasteiger partial charge in [0, 0.05) is 37.0 Å². The van der Waals surface area contributed by atoms with E-state index in [4.69, 9.17) is 21.1 Å². The zero-order chi connectivity index (χ0) is 15.1. The highest BCUT2D eigenvalue weighted by molar-refractivity contribution is 6.30. The van der Waals surface area contributed by atoms with Gasteiger partial charge in [0.05, 0.1) is 6.61 Å². The molecule has 0 bridgehead atoms. The molecule has 4 nitrogen and oxygen atoms in total. The molecule has 0 amide bonds. The minimum Gasteiger partial charge on any atom is -0.438 e. The van der Waals surface area contributed by atoms with Crippen LogP contribution in [0.25, 0.3) is 0 Å². The summed E-state index contributed by atoms with van der Waals surface area (Å²) in [4.78, 5) is 4.31.